The molecule has 24 heavy (non-hydrogen) atoms. The van der Waals surface area contributed by atoms with Gasteiger partial charge in [0.2, 0.25) is 0 Å². The summed E-state index contributed by atoms with van der Waals surface area (Å²) in [7, 11) is 0. The number of carbonyl (C=O) groups is 1. The van der Waals surface area contributed by atoms with Crippen molar-refractivity contribution >= 4 is 12.0 Å². The molecule has 2 aromatic carbocycles. The fourth-order valence-electron chi connectivity index (χ4n) is 2.72. The average molecular weight is 324 g/mol. The number of benzene rings is 2. The molecule has 0 aliphatic carbocycles. The largest absolute Gasteiger partial charge is 0.450 e. The van der Waals surface area contributed by atoms with Gasteiger partial charge in [-0.15, -0.1) is 0 Å². The van der Waals surface area contributed by atoms with Gasteiger partial charge in [0, 0.05) is 12.0 Å². The van der Waals surface area contributed by atoms with E-state index in [-0.39, 0.29) is 13.2 Å². The van der Waals surface area contributed by atoms with Gasteiger partial charge in [0.15, 0.2) is 5.60 Å². The lowest BCUT2D eigenvalue weighted by atomic mass is 9.98. The van der Waals surface area contributed by atoms with Crippen LogP contribution in [-0.4, -0.2) is 29.9 Å². The van der Waals surface area contributed by atoms with Gasteiger partial charge in [0.25, 0.3) is 0 Å². The quantitative estimate of drug-likeness (QED) is 0.656. The highest BCUT2D eigenvalue weighted by molar-refractivity contribution is 5.96. The van der Waals surface area contributed by atoms with Crippen LogP contribution in [0.2, 0.25) is 0 Å². The molecule has 4 heteroatoms. The molecule has 1 heterocycles. The second-order valence-electron chi connectivity index (χ2n) is 5.97. The zero-order valence-corrected chi connectivity index (χ0v) is 13.4. The lowest BCUT2D eigenvalue weighted by Gasteiger charge is -2.24. The molecule has 0 radical (unpaired) electrons. The fraction of sp³-hybridized carbons (Fsp3) is 0.250. The number of esters is 1. The van der Waals surface area contributed by atoms with Crippen LogP contribution in [0.3, 0.4) is 0 Å². The van der Waals surface area contributed by atoms with Crippen molar-refractivity contribution in [1.82, 2.24) is 0 Å². The first-order chi connectivity index (χ1) is 11.7. The first-order valence-electron chi connectivity index (χ1n) is 7.92. The highest BCUT2D eigenvalue weighted by atomic mass is 16.6. The number of carbonyl (C=O) groups excluding carboxylic acids is 1. The van der Waals surface area contributed by atoms with Crippen LogP contribution in [0.15, 0.2) is 66.2 Å². The van der Waals surface area contributed by atoms with Crippen LogP contribution in [0.5, 0.6) is 0 Å². The van der Waals surface area contributed by atoms with Crippen LogP contribution in [0.1, 0.15) is 17.5 Å². The summed E-state index contributed by atoms with van der Waals surface area (Å²) in [6, 6.07) is 19.3. The van der Waals surface area contributed by atoms with E-state index >= 15 is 0 Å². The molecular weight excluding hydrogens is 304 g/mol. The number of aliphatic hydroxyl groups is 1. The van der Waals surface area contributed by atoms with Gasteiger partial charge >= 0.3 is 5.97 Å². The highest BCUT2D eigenvalue weighted by Crippen LogP contribution is 2.32. The predicted molar refractivity (Wildman–Crippen MR) is 91.0 cm³/mol. The monoisotopic (exact) mass is 324 g/mol. The minimum atomic E-state index is -0.994. The molecule has 1 N–H and O–H groups in total. The number of hydrogen-bond acceptors (Lipinski definition) is 4. The Morgan fingerprint density at radius 3 is 2.42 bits per heavy atom. The Bertz CT molecular complexity index is 709. The molecule has 1 fully saturated rings. The summed E-state index contributed by atoms with van der Waals surface area (Å²) in [5.74, 6) is -0.392. The fourth-order valence-corrected chi connectivity index (χ4v) is 2.72. The molecule has 4 nitrogen and oxygen atoms in total. The van der Waals surface area contributed by atoms with Gasteiger partial charge in [-0.2, -0.15) is 0 Å². The summed E-state index contributed by atoms with van der Waals surface area (Å²) in [5.41, 5.74) is 1.53. The zero-order valence-electron chi connectivity index (χ0n) is 13.4. The normalized spacial score (nSPS) is 21.9. The predicted octanol–water partition coefficient (Wildman–Crippen LogP) is 2.96. The molecule has 3 rings (SSSR count). The third-order valence-electron chi connectivity index (χ3n) is 3.99. The Labute approximate surface area is 141 Å². The summed E-state index contributed by atoms with van der Waals surface area (Å²) in [6.45, 7) is 0.313. The van der Waals surface area contributed by atoms with E-state index in [0.717, 1.165) is 11.1 Å². The molecule has 2 aromatic rings. The Kier molecular flexibility index (Phi) is 5.08. The van der Waals surface area contributed by atoms with Crippen molar-refractivity contribution in [2.45, 2.75) is 18.6 Å². The van der Waals surface area contributed by atoms with Gasteiger partial charge in [-0.3, -0.25) is 0 Å². The van der Waals surface area contributed by atoms with Crippen molar-refractivity contribution in [3.8, 4) is 0 Å². The van der Waals surface area contributed by atoms with Crippen LogP contribution in [0, 0.1) is 0 Å². The van der Waals surface area contributed by atoms with Gasteiger partial charge in [-0.25, -0.2) is 4.79 Å². The summed E-state index contributed by atoms with van der Waals surface area (Å²) in [4.78, 5) is 12.1. The molecule has 0 aromatic heterocycles. The molecule has 0 unspecified atom stereocenters. The lowest BCUT2D eigenvalue weighted by molar-refractivity contribution is -0.157. The molecule has 0 spiro atoms. The van der Waals surface area contributed by atoms with Gasteiger partial charge < -0.3 is 14.6 Å². The summed E-state index contributed by atoms with van der Waals surface area (Å²) in [6.07, 6.45) is 2.14. The van der Waals surface area contributed by atoms with E-state index in [1.54, 1.807) is 6.08 Å². The van der Waals surface area contributed by atoms with Crippen molar-refractivity contribution in [1.29, 1.82) is 0 Å². The molecule has 0 saturated carbocycles. The average Bonchev–Trinajstić information content (AvgIpc) is 2.93. The van der Waals surface area contributed by atoms with Gasteiger partial charge in [-0.05, 0) is 17.2 Å². The maximum Gasteiger partial charge on any atom is 0.334 e. The maximum atomic E-state index is 12.1. The smallest absolute Gasteiger partial charge is 0.334 e. The molecule has 1 aliphatic rings. The van der Waals surface area contributed by atoms with E-state index < -0.39 is 11.6 Å². The zero-order chi connectivity index (χ0) is 16.8. The van der Waals surface area contributed by atoms with E-state index in [0.29, 0.717) is 18.6 Å². The molecule has 1 aliphatic heterocycles. The SMILES string of the molecule is O=C1O[C@@](CO)(COCc2ccccc2)C/C1=C\c1ccccc1. The van der Waals surface area contributed by atoms with Crippen molar-refractivity contribution in [3.63, 3.8) is 0 Å². The Balaban J connectivity index is 1.65. The summed E-state index contributed by atoms with van der Waals surface area (Å²) in [5, 5.41) is 9.73. The highest BCUT2D eigenvalue weighted by Gasteiger charge is 2.43. The van der Waals surface area contributed by atoms with Crippen molar-refractivity contribution in [2.75, 3.05) is 13.2 Å². The number of aliphatic hydroxyl groups excluding tert-OH is 1. The number of ether oxygens (including phenoxy) is 2. The number of rotatable bonds is 6. The summed E-state index contributed by atoms with van der Waals surface area (Å²) >= 11 is 0. The van der Waals surface area contributed by atoms with Crippen LogP contribution in [-0.2, 0) is 20.9 Å². The lowest BCUT2D eigenvalue weighted by Crippen LogP contribution is -2.38. The number of hydrogen-bond donors (Lipinski definition) is 1. The standard InChI is InChI=1S/C20H20O4/c21-14-20(15-23-13-17-9-5-2-6-10-17)12-18(19(22)24-20)11-16-7-3-1-4-8-16/h1-11,21H,12-15H2/b18-11+/t20-/m0/s1. The second-order valence-corrected chi connectivity index (χ2v) is 5.97. The van der Waals surface area contributed by atoms with E-state index in [4.69, 9.17) is 9.47 Å². The second kappa shape index (κ2) is 7.43. The van der Waals surface area contributed by atoms with Crippen LogP contribution in [0.4, 0.5) is 0 Å². The third kappa shape index (κ3) is 3.91. The van der Waals surface area contributed by atoms with E-state index in [1.165, 1.54) is 0 Å². The minimum absolute atomic E-state index is 0.163. The molecule has 0 bridgehead atoms. The molecule has 0 amide bonds. The van der Waals surface area contributed by atoms with Crippen LogP contribution >= 0.6 is 0 Å². The van der Waals surface area contributed by atoms with Crippen molar-refractivity contribution < 1.29 is 19.4 Å². The Hall–Kier alpha value is -2.43. The van der Waals surface area contributed by atoms with E-state index in [2.05, 4.69) is 0 Å². The van der Waals surface area contributed by atoms with Gasteiger partial charge in [-0.1, -0.05) is 60.7 Å². The third-order valence-corrected chi connectivity index (χ3v) is 3.99. The van der Waals surface area contributed by atoms with Crippen molar-refractivity contribution in [2.24, 2.45) is 0 Å². The van der Waals surface area contributed by atoms with Gasteiger partial charge in [0.1, 0.15) is 0 Å². The van der Waals surface area contributed by atoms with Crippen LogP contribution in [0.25, 0.3) is 6.08 Å². The molecular formula is C20H20O4. The van der Waals surface area contributed by atoms with Gasteiger partial charge in [0.05, 0.1) is 19.8 Å². The number of cyclic esters (lactones) is 1. The minimum Gasteiger partial charge on any atom is -0.450 e. The summed E-state index contributed by atoms with van der Waals surface area (Å²) < 4.78 is 11.1. The topological polar surface area (TPSA) is 55.8 Å². The molecule has 1 saturated heterocycles. The molecule has 1 atom stereocenters. The molecule has 124 valence electrons. The van der Waals surface area contributed by atoms with Crippen molar-refractivity contribution in [3.05, 3.63) is 77.4 Å². The Morgan fingerprint density at radius 2 is 1.75 bits per heavy atom. The maximum absolute atomic E-state index is 12.1. The van der Waals surface area contributed by atoms with E-state index in [9.17, 15) is 9.90 Å². The Morgan fingerprint density at radius 1 is 1.08 bits per heavy atom. The first kappa shape index (κ1) is 16.4. The van der Waals surface area contributed by atoms with E-state index in [1.807, 2.05) is 60.7 Å². The first-order valence-corrected chi connectivity index (χ1v) is 7.92. The van der Waals surface area contributed by atoms with Crippen LogP contribution < -0.4 is 0 Å².